The Hall–Kier alpha value is -3.04. The number of ketones is 1. The third-order valence-corrected chi connectivity index (χ3v) is 7.10. The van der Waals surface area contributed by atoms with Gasteiger partial charge in [-0.1, -0.05) is 25.6 Å². The summed E-state index contributed by atoms with van der Waals surface area (Å²) in [6.07, 6.45) is 2.72. The number of hydrogen-bond donors (Lipinski definition) is 1. The minimum Gasteiger partial charge on any atom is -0.376 e. The maximum atomic E-state index is 13.4. The van der Waals surface area contributed by atoms with Crippen LogP contribution in [0.15, 0.2) is 52.4 Å². The smallest absolute Gasteiger partial charge is 0.262 e. The van der Waals surface area contributed by atoms with Crippen molar-refractivity contribution in [2.45, 2.75) is 50.9 Å². The van der Waals surface area contributed by atoms with Crippen LogP contribution in [-0.2, 0) is 11.3 Å². The van der Waals surface area contributed by atoms with Gasteiger partial charge in [0.25, 0.3) is 11.5 Å². The zero-order valence-corrected chi connectivity index (χ0v) is 21.3. The standard InChI is InChI=1S/C27H30FN3O4S/c1-17(2)11-12-31-26(34)22-10-7-19(25(33)29-15-21-4-3-13-35-21)14-23(22)30-27(31)36-16-24(32)18-5-8-20(28)9-6-18/h5-10,14,17,21H,3-4,11-13,15-16H2,1-2H3,(H,29,33). The van der Waals surface area contributed by atoms with Crippen LogP contribution in [0, 0.1) is 11.7 Å². The molecule has 0 aliphatic carbocycles. The van der Waals surface area contributed by atoms with Gasteiger partial charge in [-0.3, -0.25) is 19.0 Å². The fraction of sp³-hybridized carbons (Fsp3) is 0.407. The highest BCUT2D eigenvalue weighted by Gasteiger charge is 2.19. The number of nitrogens with one attached hydrogen (secondary N) is 1. The van der Waals surface area contributed by atoms with Crippen molar-refractivity contribution in [1.29, 1.82) is 0 Å². The second kappa shape index (κ2) is 11.8. The Kier molecular flexibility index (Phi) is 8.53. The molecule has 1 N–H and O–H groups in total. The van der Waals surface area contributed by atoms with E-state index in [0.29, 0.717) is 52.8 Å². The molecule has 4 rings (SSSR count). The molecule has 3 aromatic rings. The molecule has 1 fully saturated rings. The quantitative estimate of drug-likeness (QED) is 0.246. The van der Waals surface area contributed by atoms with Crippen molar-refractivity contribution in [3.63, 3.8) is 0 Å². The first kappa shape index (κ1) is 26.0. The lowest BCUT2D eigenvalue weighted by Crippen LogP contribution is -2.31. The van der Waals surface area contributed by atoms with Crippen molar-refractivity contribution in [3.05, 3.63) is 69.8 Å². The van der Waals surface area contributed by atoms with Gasteiger partial charge in [0.2, 0.25) is 0 Å². The van der Waals surface area contributed by atoms with Crippen LogP contribution in [0.5, 0.6) is 0 Å². The first-order valence-corrected chi connectivity index (χ1v) is 13.2. The molecule has 190 valence electrons. The van der Waals surface area contributed by atoms with Crippen LogP contribution in [0.1, 0.15) is 53.8 Å². The lowest BCUT2D eigenvalue weighted by atomic mass is 10.1. The molecule has 7 nitrogen and oxygen atoms in total. The highest BCUT2D eigenvalue weighted by atomic mass is 32.2. The summed E-state index contributed by atoms with van der Waals surface area (Å²) in [7, 11) is 0. The fourth-order valence-corrected chi connectivity index (χ4v) is 4.92. The topological polar surface area (TPSA) is 90.3 Å². The molecule has 1 aliphatic rings. The molecule has 36 heavy (non-hydrogen) atoms. The van der Waals surface area contributed by atoms with Gasteiger partial charge in [0, 0.05) is 30.8 Å². The maximum Gasteiger partial charge on any atom is 0.262 e. The average Bonchev–Trinajstić information content (AvgIpc) is 3.39. The van der Waals surface area contributed by atoms with Crippen LogP contribution < -0.4 is 10.9 Å². The van der Waals surface area contributed by atoms with E-state index in [4.69, 9.17) is 4.74 Å². The molecule has 1 aromatic heterocycles. The summed E-state index contributed by atoms with van der Waals surface area (Å²) in [5.74, 6) is -0.423. The molecule has 1 saturated heterocycles. The molecule has 1 atom stereocenters. The molecule has 0 spiro atoms. The third kappa shape index (κ3) is 6.39. The van der Waals surface area contributed by atoms with Gasteiger partial charge < -0.3 is 10.1 Å². The van der Waals surface area contributed by atoms with Gasteiger partial charge in [0.1, 0.15) is 5.82 Å². The molecule has 2 aromatic carbocycles. The minimum atomic E-state index is -0.409. The molecule has 2 heterocycles. The second-order valence-electron chi connectivity index (χ2n) is 9.33. The van der Waals surface area contributed by atoms with Crippen molar-refractivity contribution < 1.29 is 18.7 Å². The van der Waals surface area contributed by atoms with Gasteiger partial charge >= 0.3 is 0 Å². The first-order valence-electron chi connectivity index (χ1n) is 12.2. The number of Topliss-reactive ketones (excluding diaryl/α,β-unsaturated/α-hetero) is 1. The number of carbonyl (C=O) groups is 2. The monoisotopic (exact) mass is 511 g/mol. The van der Waals surface area contributed by atoms with E-state index in [1.165, 1.54) is 36.0 Å². The predicted molar refractivity (Wildman–Crippen MR) is 138 cm³/mol. The van der Waals surface area contributed by atoms with E-state index >= 15 is 0 Å². The van der Waals surface area contributed by atoms with Crippen LogP contribution >= 0.6 is 11.8 Å². The summed E-state index contributed by atoms with van der Waals surface area (Å²) in [5, 5.41) is 3.73. The number of thioether (sulfide) groups is 1. The fourth-order valence-electron chi connectivity index (χ4n) is 4.00. The van der Waals surface area contributed by atoms with Crippen LogP contribution in [0.25, 0.3) is 10.9 Å². The van der Waals surface area contributed by atoms with Gasteiger partial charge in [-0.25, -0.2) is 9.37 Å². The highest BCUT2D eigenvalue weighted by Crippen LogP contribution is 2.21. The Labute approximate surface area is 213 Å². The number of nitrogens with zero attached hydrogens (tertiary/aromatic N) is 2. The summed E-state index contributed by atoms with van der Waals surface area (Å²) in [4.78, 5) is 43.4. The summed E-state index contributed by atoms with van der Waals surface area (Å²) in [6, 6.07) is 10.3. The number of benzene rings is 2. The summed E-state index contributed by atoms with van der Waals surface area (Å²) >= 11 is 1.17. The molecule has 0 radical (unpaired) electrons. The molecule has 9 heteroatoms. The molecule has 0 bridgehead atoms. The Morgan fingerprint density at radius 2 is 1.94 bits per heavy atom. The molecule has 1 amide bonds. The Balaban J connectivity index is 1.59. The number of amides is 1. The van der Waals surface area contributed by atoms with E-state index in [9.17, 15) is 18.8 Å². The number of halogens is 1. The zero-order chi connectivity index (χ0) is 25.7. The van der Waals surface area contributed by atoms with Gasteiger partial charge in [-0.15, -0.1) is 0 Å². The molecule has 0 saturated carbocycles. The number of aromatic nitrogens is 2. The molecular weight excluding hydrogens is 481 g/mol. The van der Waals surface area contributed by atoms with Gasteiger partial charge in [-0.2, -0.15) is 0 Å². The van der Waals surface area contributed by atoms with E-state index in [0.717, 1.165) is 19.3 Å². The maximum absolute atomic E-state index is 13.4. The number of ether oxygens (including phenoxy) is 1. The summed E-state index contributed by atoms with van der Waals surface area (Å²) in [5.41, 5.74) is 1.00. The molecular formula is C27H30FN3O4S. The SMILES string of the molecule is CC(C)CCn1c(SCC(=O)c2ccc(F)cc2)nc2cc(C(=O)NCC3CCCO3)ccc2c1=O. The largest absolute Gasteiger partial charge is 0.376 e. The predicted octanol–water partition coefficient (Wildman–Crippen LogP) is 4.47. The van der Waals surface area contributed by atoms with Crippen molar-refractivity contribution in [3.8, 4) is 0 Å². The molecule has 1 unspecified atom stereocenters. The van der Waals surface area contributed by atoms with E-state index in [2.05, 4.69) is 24.1 Å². The van der Waals surface area contributed by atoms with Crippen LogP contribution in [-0.4, -0.2) is 46.2 Å². The number of carbonyl (C=O) groups excluding carboxylic acids is 2. The number of rotatable bonds is 10. The lowest BCUT2D eigenvalue weighted by Gasteiger charge is -2.15. The Morgan fingerprint density at radius 3 is 2.64 bits per heavy atom. The summed E-state index contributed by atoms with van der Waals surface area (Å²) < 4.78 is 20.4. The normalized spacial score (nSPS) is 15.5. The van der Waals surface area contributed by atoms with Crippen LogP contribution in [0.4, 0.5) is 4.39 Å². The van der Waals surface area contributed by atoms with Crippen LogP contribution in [0.3, 0.4) is 0 Å². The van der Waals surface area contributed by atoms with Crippen LogP contribution in [0.2, 0.25) is 0 Å². The minimum absolute atomic E-state index is 0.0299. The Bertz CT molecular complexity index is 1300. The van der Waals surface area contributed by atoms with E-state index in [1.807, 2.05) is 0 Å². The van der Waals surface area contributed by atoms with E-state index in [1.54, 1.807) is 22.8 Å². The van der Waals surface area contributed by atoms with Crippen molar-refractivity contribution in [2.24, 2.45) is 5.92 Å². The van der Waals surface area contributed by atoms with Gasteiger partial charge in [-0.05, 0) is 67.6 Å². The van der Waals surface area contributed by atoms with Crippen molar-refractivity contribution >= 4 is 34.4 Å². The zero-order valence-electron chi connectivity index (χ0n) is 20.5. The van der Waals surface area contributed by atoms with Gasteiger partial charge in [0.05, 0.1) is 22.8 Å². The second-order valence-corrected chi connectivity index (χ2v) is 10.3. The first-order chi connectivity index (χ1) is 17.3. The third-order valence-electron chi connectivity index (χ3n) is 6.13. The average molecular weight is 512 g/mol. The Morgan fingerprint density at radius 1 is 1.19 bits per heavy atom. The lowest BCUT2D eigenvalue weighted by molar-refractivity contribution is 0.0857. The number of fused-ring (bicyclic) bond motifs is 1. The van der Waals surface area contributed by atoms with E-state index in [-0.39, 0.29) is 29.1 Å². The van der Waals surface area contributed by atoms with Crippen molar-refractivity contribution in [1.82, 2.24) is 14.9 Å². The summed E-state index contributed by atoms with van der Waals surface area (Å²) in [6.45, 7) is 5.77. The van der Waals surface area contributed by atoms with E-state index < -0.39 is 5.82 Å². The van der Waals surface area contributed by atoms with Gasteiger partial charge in [0.15, 0.2) is 10.9 Å². The van der Waals surface area contributed by atoms with Crippen molar-refractivity contribution in [2.75, 3.05) is 18.9 Å². The highest BCUT2D eigenvalue weighted by molar-refractivity contribution is 7.99. The number of hydrogen-bond acceptors (Lipinski definition) is 6. The molecule has 1 aliphatic heterocycles.